The molecular weight excluding hydrogens is 466 g/mol. The van der Waals surface area contributed by atoms with Crippen LogP contribution in [-0.2, 0) is 17.9 Å². The highest BCUT2D eigenvalue weighted by Crippen LogP contribution is 2.34. The van der Waals surface area contributed by atoms with E-state index in [4.69, 9.17) is 16.3 Å². The van der Waals surface area contributed by atoms with Crippen molar-refractivity contribution < 1.29 is 14.3 Å². The first-order valence-corrected chi connectivity index (χ1v) is 12.0. The molecule has 0 spiro atoms. The summed E-state index contributed by atoms with van der Waals surface area (Å²) < 4.78 is 5.88. The summed E-state index contributed by atoms with van der Waals surface area (Å²) in [7, 11) is 0. The average molecular weight is 486 g/mol. The molecule has 0 saturated carbocycles. The van der Waals surface area contributed by atoms with Gasteiger partial charge in [0.1, 0.15) is 12.4 Å². The van der Waals surface area contributed by atoms with Crippen LogP contribution in [0.1, 0.15) is 16.7 Å². The molecule has 1 saturated heterocycles. The molecule has 4 nitrogen and oxygen atoms in total. The lowest BCUT2D eigenvalue weighted by Gasteiger charge is -2.13. The van der Waals surface area contributed by atoms with Gasteiger partial charge in [-0.2, -0.15) is 0 Å². The molecule has 4 aromatic carbocycles. The van der Waals surface area contributed by atoms with E-state index in [-0.39, 0.29) is 17.7 Å². The van der Waals surface area contributed by atoms with Crippen LogP contribution in [0.4, 0.5) is 4.79 Å². The summed E-state index contributed by atoms with van der Waals surface area (Å²) in [6.45, 7) is 0.583. The third-order valence-corrected chi connectivity index (χ3v) is 6.81. The van der Waals surface area contributed by atoms with E-state index >= 15 is 0 Å². The predicted octanol–water partition coefficient (Wildman–Crippen LogP) is 7.31. The first-order valence-electron chi connectivity index (χ1n) is 10.8. The SMILES string of the molecule is O=C1S/C(=C\c2cccc(OCc3ccccc3Cl)c2)C(=O)N1Cc1ccc2ccccc2c1. The molecule has 1 fully saturated rings. The number of nitrogens with zero attached hydrogens (tertiary/aromatic N) is 1. The highest BCUT2D eigenvalue weighted by Gasteiger charge is 2.35. The van der Waals surface area contributed by atoms with Gasteiger partial charge in [0.05, 0.1) is 11.4 Å². The van der Waals surface area contributed by atoms with Crippen molar-refractivity contribution in [3.8, 4) is 5.75 Å². The second kappa shape index (κ2) is 9.75. The van der Waals surface area contributed by atoms with Crippen LogP contribution < -0.4 is 4.74 Å². The maximum Gasteiger partial charge on any atom is 0.293 e. The van der Waals surface area contributed by atoms with Crippen LogP contribution in [0, 0.1) is 0 Å². The van der Waals surface area contributed by atoms with Crippen molar-refractivity contribution in [2.24, 2.45) is 0 Å². The lowest BCUT2D eigenvalue weighted by molar-refractivity contribution is -0.123. The number of ether oxygens (including phenoxy) is 1. The number of amides is 2. The zero-order chi connectivity index (χ0) is 23.5. The largest absolute Gasteiger partial charge is 0.489 e. The normalized spacial score (nSPS) is 14.9. The Morgan fingerprint density at radius 3 is 2.50 bits per heavy atom. The number of carbonyl (C=O) groups is 2. The smallest absolute Gasteiger partial charge is 0.293 e. The maximum absolute atomic E-state index is 13.0. The predicted molar refractivity (Wildman–Crippen MR) is 138 cm³/mol. The Balaban J connectivity index is 1.30. The van der Waals surface area contributed by atoms with Crippen LogP contribution in [0.2, 0.25) is 5.02 Å². The number of carbonyl (C=O) groups excluding carboxylic acids is 2. The minimum absolute atomic E-state index is 0.244. The third-order valence-electron chi connectivity index (χ3n) is 5.54. The number of benzene rings is 4. The van der Waals surface area contributed by atoms with Gasteiger partial charge in [0.15, 0.2) is 0 Å². The molecule has 5 rings (SSSR count). The van der Waals surface area contributed by atoms with Crippen LogP contribution in [-0.4, -0.2) is 16.0 Å². The highest BCUT2D eigenvalue weighted by atomic mass is 35.5. The van der Waals surface area contributed by atoms with Gasteiger partial charge in [-0.25, -0.2) is 0 Å². The van der Waals surface area contributed by atoms with Gasteiger partial charge in [0.2, 0.25) is 0 Å². The van der Waals surface area contributed by atoms with E-state index in [0.29, 0.717) is 22.3 Å². The van der Waals surface area contributed by atoms with E-state index in [1.165, 1.54) is 4.90 Å². The number of hydrogen-bond acceptors (Lipinski definition) is 4. The molecule has 4 aromatic rings. The van der Waals surface area contributed by atoms with E-state index in [2.05, 4.69) is 0 Å². The van der Waals surface area contributed by atoms with Gasteiger partial charge in [-0.3, -0.25) is 14.5 Å². The number of fused-ring (bicyclic) bond motifs is 1. The molecule has 168 valence electrons. The number of imide groups is 1. The summed E-state index contributed by atoms with van der Waals surface area (Å²) in [6, 6.07) is 28.9. The molecule has 1 aliphatic heterocycles. The van der Waals surface area contributed by atoms with Gasteiger partial charge in [0.25, 0.3) is 11.1 Å². The molecular formula is C28H20ClNO3S. The summed E-state index contributed by atoms with van der Waals surface area (Å²) in [5, 5.41) is 2.59. The maximum atomic E-state index is 13.0. The monoisotopic (exact) mass is 485 g/mol. The van der Waals surface area contributed by atoms with Gasteiger partial charge in [-0.05, 0) is 64.0 Å². The average Bonchev–Trinajstić information content (AvgIpc) is 3.11. The molecule has 0 aromatic heterocycles. The zero-order valence-corrected chi connectivity index (χ0v) is 19.7. The number of hydrogen-bond donors (Lipinski definition) is 0. The third kappa shape index (κ3) is 4.86. The summed E-state index contributed by atoms with van der Waals surface area (Å²) in [5.74, 6) is 0.370. The summed E-state index contributed by atoms with van der Waals surface area (Å²) in [4.78, 5) is 27.3. The first-order chi connectivity index (χ1) is 16.6. The Morgan fingerprint density at radius 2 is 1.65 bits per heavy atom. The van der Waals surface area contributed by atoms with Crippen molar-refractivity contribution >= 4 is 51.4 Å². The Morgan fingerprint density at radius 1 is 0.853 bits per heavy atom. The van der Waals surface area contributed by atoms with Crippen LogP contribution in [0.3, 0.4) is 0 Å². The molecule has 0 bridgehead atoms. The van der Waals surface area contributed by atoms with Crippen molar-refractivity contribution in [2.75, 3.05) is 0 Å². The highest BCUT2D eigenvalue weighted by molar-refractivity contribution is 8.18. The van der Waals surface area contributed by atoms with Gasteiger partial charge >= 0.3 is 0 Å². The lowest BCUT2D eigenvalue weighted by Crippen LogP contribution is -2.27. The minimum atomic E-state index is -0.287. The topological polar surface area (TPSA) is 46.6 Å². The molecule has 0 unspecified atom stereocenters. The Hall–Kier alpha value is -3.54. The Bertz CT molecular complexity index is 1430. The van der Waals surface area contributed by atoms with E-state index in [1.54, 1.807) is 6.08 Å². The van der Waals surface area contributed by atoms with Crippen LogP contribution in [0.5, 0.6) is 5.75 Å². The fourth-order valence-electron chi connectivity index (χ4n) is 3.78. The van der Waals surface area contributed by atoms with E-state index in [1.807, 2.05) is 91.0 Å². The van der Waals surface area contributed by atoms with Crippen molar-refractivity contribution in [1.82, 2.24) is 4.90 Å². The lowest BCUT2D eigenvalue weighted by atomic mass is 10.1. The number of halogens is 1. The number of thioether (sulfide) groups is 1. The molecule has 34 heavy (non-hydrogen) atoms. The van der Waals surface area contributed by atoms with Crippen LogP contribution >= 0.6 is 23.4 Å². The standard InChI is InChI=1S/C28H20ClNO3S/c29-25-11-4-3-9-23(25)18-33-24-10-5-6-19(15-24)16-26-27(31)30(28(32)34-26)17-20-12-13-21-7-1-2-8-22(21)14-20/h1-16H,17-18H2/b26-16-. The Kier molecular flexibility index (Phi) is 6.39. The molecule has 0 radical (unpaired) electrons. The van der Waals surface area contributed by atoms with Gasteiger partial charge in [-0.1, -0.05) is 78.3 Å². The van der Waals surface area contributed by atoms with Gasteiger partial charge in [-0.15, -0.1) is 0 Å². The number of rotatable bonds is 6. The minimum Gasteiger partial charge on any atom is -0.489 e. The second-order valence-corrected chi connectivity index (χ2v) is 9.30. The Labute approximate surface area is 206 Å². The van der Waals surface area contributed by atoms with Crippen molar-refractivity contribution in [3.63, 3.8) is 0 Å². The van der Waals surface area contributed by atoms with Crippen molar-refractivity contribution in [1.29, 1.82) is 0 Å². The molecule has 1 aliphatic rings. The molecule has 0 atom stereocenters. The zero-order valence-electron chi connectivity index (χ0n) is 18.1. The van der Waals surface area contributed by atoms with Crippen LogP contribution in [0.15, 0.2) is 95.9 Å². The van der Waals surface area contributed by atoms with Crippen LogP contribution in [0.25, 0.3) is 16.8 Å². The first kappa shape index (κ1) is 22.3. The molecule has 1 heterocycles. The summed E-state index contributed by atoms with van der Waals surface area (Å²) >= 11 is 7.16. The van der Waals surface area contributed by atoms with Gasteiger partial charge < -0.3 is 4.74 Å². The van der Waals surface area contributed by atoms with Crippen molar-refractivity contribution in [2.45, 2.75) is 13.2 Å². The summed E-state index contributed by atoms with van der Waals surface area (Å²) in [6.07, 6.45) is 1.73. The van der Waals surface area contributed by atoms with Crippen molar-refractivity contribution in [3.05, 3.63) is 118 Å². The van der Waals surface area contributed by atoms with Gasteiger partial charge in [0, 0.05) is 10.6 Å². The molecule has 0 N–H and O–H groups in total. The fraction of sp³-hybridized carbons (Fsp3) is 0.0714. The fourth-order valence-corrected chi connectivity index (χ4v) is 4.81. The summed E-state index contributed by atoms with van der Waals surface area (Å²) in [5.41, 5.74) is 2.59. The molecule has 6 heteroatoms. The van der Waals surface area contributed by atoms with E-state index in [9.17, 15) is 9.59 Å². The second-order valence-electron chi connectivity index (χ2n) is 7.90. The quantitative estimate of drug-likeness (QED) is 0.269. The van der Waals surface area contributed by atoms with E-state index in [0.717, 1.165) is 39.2 Å². The molecule has 0 aliphatic carbocycles. The molecule has 2 amide bonds. The van der Waals surface area contributed by atoms with E-state index < -0.39 is 0 Å².